The molecule has 25 heavy (non-hydrogen) atoms. The van der Waals surface area contributed by atoms with Crippen LogP contribution < -0.4 is 16.0 Å². The van der Waals surface area contributed by atoms with E-state index in [1.165, 1.54) is 12.1 Å². The number of amides is 1. The van der Waals surface area contributed by atoms with Crippen LogP contribution in [0.2, 0.25) is 0 Å². The molecule has 0 saturated heterocycles. The Morgan fingerprint density at radius 1 is 1.20 bits per heavy atom. The van der Waals surface area contributed by atoms with Gasteiger partial charge in [0.25, 0.3) is 5.91 Å². The van der Waals surface area contributed by atoms with E-state index in [2.05, 4.69) is 31.9 Å². The van der Waals surface area contributed by atoms with Crippen LogP contribution in [-0.2, 0) is 4.79 Å². The second-order valence-corrected chi connectivity index (χ2v) is 6.88. The largest absolute Gasteiger partial charge is 0.351 e. The normalized spacial score (nSPS) is 16.9. The molecule has 1 aliphatic rings. The Balaban J connectivity index is 1.96. The van der Waals surface area contributed by atoms with E-state index in [1.54, 1.807) is 19.1 Å². The Morgan fingerprint density at radius 2 is 1.88 bits per heavy atom. The fraction of sp³-hybridized carbons (Fsp3) is 0.111. The van der Waals surface area contributed by atoms with Crippen molar-refractivity contribution in [2.75, 3.05) is 5.32 Å². The molecule has 1 amide bonds. The lowest BCUT2D eigenvalue weighted by Crippen LogP contribution is -2.45. The summed E-state index contributed by atoms with van der Waals surface area (Å²) in [6.07, 6.45) is 0. The van der Waals surface area contributed by atoms with Crippen molar-refractivity contribution in [3.05, 3.63) is 75.7 Å². The number of rotatable bonds is 3. The molecule has 128 valence electrons. The van der Waals surface area contributed by atoms with Gasteiger partial charge in [-0.2, -0.15) is 0 Å². The zero-order chi connectivity index (χ0) is 18.0. The second-order valence-electron chi connectivity index (χ2n) is 5.56. The third-order valence-corrected chi connectivity index (χ3v) is 4.59. The van der Waals surface area contributed by atoms with Crippen molar-refractivity contribution >= 4 is 44.9 Å². The average Bonchev–Trinajstić information content (AvgIpc) is 2.57. The third-order valence-electron chi connectivity index (χ3n) is 3.84. The van der Waals surface area contributed by atoms with Crippen LogP contribution in [0.4, 0.5) is 10.1 Å². The molecule has 2 aromatic rings. The number of anilines is 1. The fourth-order valence-electron chi connectivity index (χ4n) is 2.65. The SMILES string of the molecule is CC1=C(C(=O)Nc2ccccc2F)[C@@H](c2ccc(Br)cc2)NC(=S)N1. The highest BCUT2D eigenvalue weighted by Crippen LogP contribution is 2.29. The minimum atomic E-state index is -0.485. The molecule has 0 unspecified atom stereocenters. The quantitative estimate of drug-likeness (QED) is 0.657. The summed E-state index contributed by atoms with van der Waals surface area (Å²) in [5.74, 6) is -0.875. The number of hydrogen-bond donors (Lipinski definition) is 3. The Kier molecular flexibility index (Phi) is 5.15. The van der Waals surface area contributed by atoms with Gasteiger partial charge in [0.15, 0.2) is 5.11 Å². The summed E-state index contributed by atoms with van der Waals surface area (Å²) in [6.45, 7) is 1.77. The van der Waals surface area contributed by atoms with Crippen molar-refractivity contribution < 1.29 is 9.18 Å². The van der Waals surface area contributed by atoms with Crippen LogP contribution >= 0.6 is 28.1 Å². The summed E-state index contributed by atoms with van der Waals surface area (Å²) in [4.78, 5) is 12.8. The number of halogens is 2. The summed E-state index contributed by atoms with van der Waals surface area (Å²) in [6, 6.07) is 13.2. The minimum absolute atomic E-state index is 0.135. The first-order valence-corrected chi connectivity index (χ1v) is 8.75. The average molecular weight is 420 g/mol. The van der Waals surface area contributed by atoms with E-state index in [4.69, 9.17) is 12.2 Å². The van der Waals surface area contributed by atoms with Crippen molar-refractivity contribution in [1.82, 2.24) is 10.6 Å². The monoisotopic (exact) mass is 419 g/mol. The van der Waals surface area contributed by atoms with Crippen LogP contribution in [0, 0.1) is 5.82 Å². The highest BCUT2D eigenvalue weighted by Gasteiger charge is 2.30. The van der Waals surface area contributed by atoms with E-state index in [1.807, 2.05) is 24.3 Å². The summed E-state index contributed by atoms with van der Waals surface area (Å²) in [7, 11) is 0. The van der Waals surface area contributed by atoms with Gasteiger partial charge >= 0.3 is 0 Å². The zero-order valence-electron chi connectivity index (χ0n) is 13.3. The van der Waals surface area contributed by atoms with Crippen molar-refractivity contribution in [3.8, 4) is 0 Å². The molecule has 0 spiro atoms. The molecular weight excluding hydrogens is 405 g/mol. The number of allylic oxidation sites excluding steroid dienone is 1. The highest BCUT2D eigenvalue weighted by molar-refractivity contribution is 9.10. The zero-order valence-corrected chi connectivity index (χ0v) is 15.7. The van der Waals surface area contributed by atoms with Gasteiger partial charge in [-0.15, -0.1) is 0 Å². The van der Waals surface area contributed by atoms with Crippen molar-refractivity contribution in [1.29, 1.82) is 0 Å². The number of hydrogen-bond acceptors (Lipinski definition) is 2. The molecule has 1 aliphatic heterocycles. The van der Waals surface area contributed by atoms with Gasteiger partial charge in [-0.25, -0.2) is 4.39 Å². The van der Waals surface area contributed by atoms with E-state index in [-0.39, 0.29) is 5.69 Å². The van der Waals surface area contributed by atoms with E-state index in [0.29, 0.717) is 16.4 Å². The van der Waals surface area contributed by atoms with Gasteiger partial charge in [0.1, 0.15) is 5.82 Å². The summed E-state index contributed by atoms with van der Waals surface area (Å²) in [5.41, 5.74) is 2.10. The van der Waals surface area contributed by atoms with Gasteiger partial charge in [-0.3, -0.25) is 4.79 Å². The Labute approximate surface area is 158 Å². The lowest BCUT2D eigenvalue weighted by molar-refractivity contribution is -0.113. The molecule has 0 aliphatic carbocycles. The standard InChI is InChI=1S/C18H15BrFN3OS/c1-10-15(17(24)22-14-5-3-2-4-13(14)20)16(23-18(25)21-10)11-6-8-12(19)9-7-11/h2-9,16H,1H3,(H,22,24)(H2,21,23,25)/t16-/m1/s1. The summed E-state index contributed by atoms with van der Waals surface area (Å²) >= 11 is 8.62. The number of benzene rings is 2. The highest BCUT2D eigenvalue weighted by atomic mass is 79.9. The Bertz CT molecular complexity index is 867. The number of carbonyl (C=O) groups excluding carboxylic acids is 1. The number of carbonyl (C=O) groups is 1. The molecule has 0 aromatic heterocycles. The second kappa shape index (κ2) is 7.33. The Hall–Kier alpha value is -2.25. The van der Waals surface area contributed by atoms with E-state index >= 15 is 0 Å². The maximum atomic E-state index is 13.9. The molecule has 0 saturated carbocycles. The molecule has 7 heteroatoms. The van der Waals surface area contributed by atoms with Crippen LogP contribution in [-0.4, -0.2) is 11.0 Å². The topological polar surface area (TPSA) is 53.2 Å². The fourth-order valence-corrected chi connectivity index (χ4v) is 3.19. The summed E-state index contributed by atoms with van der Waals surface area (Å²) < 4.78 is 14.8. The first kappa shape index (κ1) is 17.6. The molecule has 1 atom stereocenters. The maximum Gasteiger partial charge on any atom is 0.255 e. The van der Waals surface area contributed by atoms with Gasteiger partial charge in [-0.05, 0) is 49.0 Å². The van der Waals surface area contributed by atoms with Crippen LogP contribution in [0.15, 0.2) is 64.3 Å². The first-order chi connectivity index (χ1) is 12.0. The molecule has 3 N–H and O–H groups in total. The molecule has 0 radical (unpaired) electrons. The third kappa shape index (κ3) is 3.88. The Morgan fingerprint density at radius 3 is 2.56 bits per heavy atom. The van der Waals surface area contributed by atoms with Crippen molar-refractivity contribution in [2.45, 2.75) is 13.0 Å². The van der Waals surface area contributed by atoms with E-state index < -0.39 is 17.8 Å². The lowest BCUT2D eigenvalue weighted by atomic mass is 9.95. The smallest absolute Gasteiger partial charge is 0.255 e. The van der Waals surface area contributed by atoms with E-state index in [0.717, 1.165) is 10.0 Å². The van der Waals surface area contributed by atoms with Crippen molar-refractivity contribution in [2.24, 2.45) is 0 Å². The van der Waals surface area contributed by atoms with Crippen LogP contribution in [0.5, 0.6) is 0 Å². The molecule has 0 bridgehead atoms. The van der Waals surface area contributed by atoms with Gasteiger partial charge in [0.2, 0.25) is 0 Å². The van der Waals surface area contributed by atoms with Crippen LogP contribution in [0.25, 0.3) is 0 Å². The lowest BCUT2D eigenvalue weighted by Gasteiger charge is -2.30. The molecule has 2 aromatic carbocycles. The molecule has 1 heterocycles. The predicted molar refractivity (Wildman–Crippen MR) is 103 cm³/mol. The van der Waals surface area contributed by atoms with Gasteiger partial charge in [-0.1, -0.05) is 40.2 Å². The molecular formula is C18H15BrFN3OS. The molecule has 3 rings (SSSR count). The van der Waals surface area contributed by atoms with Gasteiger partial charge < -0.3 is 16.0 Å². The maximum absolute atomic E-state index is 13.9. The molecule has 0 fully saturated rings. The molecule has 4 nitrogen and oxygen atoms in total. The van der Waals surface area contributed by atoms with Crippen LogP contribution in [0.1, 0.15) is 18.5 Å². The minimum Gasteiger partial charge on any atom is -0.351 e. The summed E-state index contributed by atoms with van der Waals surface area (Å²) in [5, 5.41) is 9.13. The van der Waals surface area contributed by atoms with Gasteiger partial charge in [0.05, 0.1) is 17.3 Å². The van der Waals surface area contributed by atoms with Crippen LogP contribution in [0.3, 0.4) is 0 Å². The predicted octanol–water partition coefficient (Wildman–Crippen LogP) is 4.02. The number of para-hydroxylation sites is 1. The van der Waals surface area contributed by atoms with E-state index in [9.17, 15) is 9.18 Å². The van der Waals surface area contributed by atoms with Crippen molar-refractivity contribution in [3.63, 3.8) is 0 Å². The number of nitrogens with one attached hydrogen (secondary N) is 3. The number of thiocarbonyl (C=S) groups is 1. The first-order valence-electron chi connectivity index (χ1n) is 7.55. The van der Waals surface area contributed by atoms with Gasteiger partial charge in [0, 0.05) is 10.2 Å².